The normalized spacial score (nSPS) is 31.4. The van der Waals surface area contributed by atoms with Crippen LogP contribution in [0.5, 0.6) is 0 Å². The van der Waals surface area contributed by atoms with Gasteiger partial charge in [0.25, 0.3) is 0 Å². The molecule has 1 heterocycles. The number of aromatic nitrogens is 2. The summed E-state index contributed by atoms with van der Waals surface area (Å²) in [5.74, 6) is -1.37. The molecule has 7 heteroatoms. The first-order valence-corrected chi connectivity index (χ1v) is 6.25. The minimum Gasteiger partial charge on any atom is -0.329 e. The van der Waals surface area contributed by atoms with E-state index in [4.69, 9.17) is 5.73 Å². The van der Waals surface area contributed by atoms with Gasteiger partial charge in [0.2, 0.25) is 0 Å². The maximum absolute atomic E-state index is 12.5. The van der Waals surface area contributed by atoms with Crippen LogP contribution >= 0.6 is 0 Å². The molecule has 0 aromatic carbocycles. The molecular weight excluding hydrogens is 259 g/mol. The van der Waals surface area contributed by atoms with Crippen molar-refractivity contribution in [3.8, 4) is 0 Å². The third kappa shape index (κ3) is 2.61. The van der Waals surface area contributed by atoms with Crippen LogP contribution in [0.4, 0.5) is 13.2 Å². The molecule has 1 saturated carbocycles. The highest BCUT2D eigenvalue weighted by atomic mass is 19.4. The second kappa shape index (κ2) is 4.19. The van der Waals surface area contributed by atoms with Crippen molar-refractivity contribution in [3.05, 3.63) is 11.7 Å². The first-order valence-electron chi connectivity index (χ1n) is 6.25. The highest BCUT2D eigenvalue weighted by Crippen LogP contribution is 2.46. The van der Waals surface area contributed by atoms with Crippen LogP contribution < -0.4 is 5.73 Å². The fourth-order valence-electron chi connectivity index (χ4n) is 2.76. The number of hydrogen-bond acceptors (Lipinski definition) is 4. The standard InChI is InChI=1S/C12H18F3N3O/c1-7-6-10(2,3)4-5-11(7,16)8-17-9(19-18-8)12(13,14)15/h7H,4-6,16H2,1-3H3. The Kier molecular flexibility index (Phi) is 3.16. The van der Waals surface area contributed by atoms with Crippen LogP contribution in [0.3, 0.4) is 0 Å². The lowest BCUT2D eigenvalue weighted by Crippen LogP contribution is -2.49. The van der Waals surface area contributed by atoms with Crippen LogP contribution in [0.2, 0.25) is 0 Å². The van der Waals surface area contributed by atoms with E-state index in [0.29, 0.717) is 6.42 Å². The van der Waals surface area contributed by atoms with Gasteiger partial charge in [0, 0.05) is 0 Å². The van der Waals surface area contributed by atoms with E-state index >= 15 is 0 Å². The first kappa shape index (κ1) is 14.3. The summed E-state index contributed by atoms with van der Waals surface area (Å²) in [6.45, 7) is 6.17. The molecule has 1 aromatic rings. The van der Waals surface area contributed by atoms with Crippen molar-refractivity contribution < 1.29 is 17.7 Å². The Morgan fingerprint density at radius 1 is 1.32 bits per heavy atom. The van der Waals surface area contributed by atoms with E-state index in [9.17, 15) is 13.2 Å². The number of rotatable bonds is 1. The van der Waals surface area contributed by atoms with E-state index in [-0.39, 0.29) is 17.2 Å². The lowest BCUT2D eigenvalue weighted by molar-refractivity contribution is -0.159. The molecule has 4 nitrogen and oxygen atoms in total. The molecule has 0 spiro atoms. The second-order valence-corrected chi connectivity index (χ2v) is 6.23. The predicted octanol–water partition coefficient (Wildman–Crippen LogP) is 3.09. The molecule has 1 aliphatic rings. The Balaban J connectivity index is 2.28. The van der Waals surface area contributed by atoms with Gasteiger partial charge >= 0.3 is 12.1 Å². The molecule has 1 aliphatic carbocycles. The second-order valence-electron chi connectivity index (χ2n) is 6.23. The molecule has 19 heavy (non-hydrogen) atoms. The van der Waals surface area contributed by atoms with Gasteiger partial charge in [-0.15, -0.1) is 0 Å². The molecule has 0 radical (unpaired) electrons. The van der Waals surface area contributed by atoms with Crippen LogP contribution in [0.15, 0.2) is 4.52 Å². The van der Waals surface area contributed by atoms with Gasteiger partial charge in [0.15, 0.2) is 5.82 Å². The smallest absolute Gasteiger partial charge is 0.329 e. The highest BCUT2D eigenvalue weighted by molar-refractivity contribution is 5.10. The van der Waals surface area contributed by atoms with Crippen LogP contribution in [0.1, 0.15) is 51.7 Å². The summed E-state index contributed by atoms with van der Waals surface area (Å²) in [4.78, 5) is 3.45. The molecular formula is C12H18F3N3O. The minimum absolute atomic E-state index is 0.00469. The van der Waals surface area contributed by atoms with Crippen molar-refractivity contribution in [2.24, 2.45) is 17.1 Å². The summed E-state index contributed by atoms with van der Waals surface area (Å²) < 4.78 is 41.7. The van der Waals surface area contributed by atoms with Crippen LogP contribution in [-0.2, 0) is 11.7 Å². The molecule has 0 aliphatic heterocycles. The number of hydrogen-bond donors (Lipinski definition) is 1. The summed E-state index contributed by atoms with van der Waals surface area (Å²) in [5.41, 5.74) is 5.45. The Labute approximate surface area is 109 Å². The monoisotopic (exact) mass is 277 g/mol. The molecule has 1 fully saturated rings. The molecule has 1 aromatic heterocycles. The number of nitrogens with zero attached hydrogens (tertiary/aromatic N) is 2. The van der Waals surface area contributed by atoms with Gasteiger partial charge in [-0.05, 0) is 30.6 Å². The Hall–Kier alpha value is -1.11. The largest absolute Gasteiger partial charge is 0.471 e. The van der Waals surface area contributed by atoms with Gasteiger partial charge in [-0.1, -0.05) is 25.9 Å². The maximum atomic E-state index is 12.5. The Morgan fingerprint density at radius 3 is 2.42 bits per heavy atom. The topological polar surface area (TPSA) is 64.9 Å². The maximum Gasteiger partial charge on any atom is 0.471 e. The SMILES string of the molecule is CC1CC(C)(C)CCC1(N)c1noc(C(F)(F)F)n1. The Bertz CT molecular complexity index is 469. The number of alkyl halides is 3. The van der Waals surface area contributed by atoms with Crippen molar-refractivity contribution in [1.82, 2.24) is 10.1 Å². The fourth-order valence-corrected chi connectivity index (χ4v) is 2.76. The number of halogens is 3. The van der Waals surface area contributed by atoms with Crippen LogP contribution in [-0.4, -0.2) is 10.1 Å². The van der Waals surface area contributed by atoms with E-state index in [1.807, 2.05) is 6.92 Å². The van der Waals surface area contributed by atoms with Gasteiger partial charge in [0.05, 0.1) is 5.54 Å². The highest BCUT2D eigenvalue weighted by Gasteiger charge is 2.47. The van der Waals surface area contributed by atoms with Gasteiger partial charge in [-0.3, -0.25) is 0 Å². The lowest BCUT2D eigenvalue weighted by Gasteiger charge is -2.44. The fraction of sp³-hybridized carbons (Fsp3) is 0.833. The zero-order valence-electron chi connectivity index (χ0n) is 11.2. The van der Waals surface area contributed by atoms with E-state index in [1.54, 1.807) is 0 Å². The molecule has 0 bridgehead atoms. The quantitative estimate of drug-likeness (QED) is 0.856. The van der Waals surface area contributed by atoms with E-state index < -0.39 is 17.6 Å². The van der Waals surface area contributed by atoms with Crippen molar-refractivity contribution in [2.75, 3.05) is 0 Å². The van der Waals surface area contributed by atoms with Crippen molar-refractivity contribution in [2.45, 2.75) is 51.7 Å². The van der Waals surface area contributed by atoms with Gasteiger partial charge in [0.1, 0.15) is 0 Å². The molecule has 108 valence electrons. The predicted molar refractivity (Wildman–Crippen MR) is 62.0 cm³/mol. The van der Waals surface area contributed by atoms with Crippen LogP contribution in [0.25, 0.3) is 0 Å². The van der Waals surface area contributed by atoms with E-state index in [2.05, 4.69) is 28.5 Å². The minimum atomic E-state index is -4.63. The number of nitrogens with two attached hydrogens (primary N) is 1. The molecule has 2 atom stereocenters. The summed E-state index contributed by atoms with van der Waals surface area (Å²) in [5, 5.41) is 3.45. The first-order chi connectivity index (χ1) is 8.55. The van der Waals surface area contributed by atoms with Crippen LogP contribution in [0, 0.1) is 11.3 Å². The molecule has 0 amide bonds. The summed E-state index contributed by atoms with van der Waals surface area (Å²) >= 11 is 0. The molecule has 2 N–H and O–H groups in total. The van der Waals surface area contributed by atoms with E-state index in [1.165, 1.54) is 0 Å². The molecule has 2 unspecified atom stereocenters. The molecule has 0 saturated heterocycles. The summed E-state index contributed by atoms with van der Waals surface area (Å²) in [6.07, 6.45) is -2.43. The van der Waals surface area contributed by atoms with Gasteiger partial charge in [-0.2, -0.15) is 18.2 Å². The van der Waals surface area contributed by atoms with Gasteiger partial charge < -0.3 is 10.3 Å². The van der Waals surface area contributed by atoms with Crippen molar-refractivity contribution in [3.63, 3.8) is 0 Å². The average Bonchev–Trinajstić information content (AvgIpc) is 2.72. The van der Waals surface area contributed by atoms with Gasteiger partial charge in [-0.25, -0.2) is 0 Å². The van der Waals surface area contributed by atoms with E-state index in [0.717, 1.165) is 12.8 Å². The van der Waals surface area contributed by atoms with Crippen molar-refractivity contribution >= 4 is 0 Å². The zero-order chi connectivity index (χ0) is 14.5. The summed E-state index contributed by atoms with van der Waals surface area (Å²) in [6, 6.07) is 0. The average molecular weight is 277 g/mol. The molecule has 2 rings (SSSR count). The zero-order valence-corrected chi connectivity index (χ0v) is 11.2. The lowest BCUT2D eigenvalue weighted by atomic mass is 9.64. The summed E-state index contributed by atoms with van der Waals surface area (Å²) in [7, 11) is 0. The third-order valence-corrected chi connectivity index (χ3v) is 4.04. The van der Waals surface area contributed by atoms with Crippen molar-refractivity contribution in [1.29, 1.82) is 0 Å². The Morgan fingerprint density at radius 2 is 1.95 bits per heavy atom. The third-order valence-electron chi connectivity index (χ3n) is 4.04.